The van der Waals surface area contributed by atoms with Crippen LogP contribution >= 0.6 is 0 Å². The predicted octanol–water partition coefficient (Wildman–Crippen LogP) is 3.73. The lowest BCUT2D eigenvalue weighted by atomic mass is 10.1. The minimum atomic E-state index is -0.477. The second-order valence-electron chi connectivity index (χ2n) is 8.52. The van der Waals surface area contributed by atoms with Crippen molar-refractivity contribution in [3.63, 3.8) is 0 Å². The van der Waals surface area contributed by atoms with Crippen molar-refractivity contribution in [3.8, 4) is 0 Å². The molecular weight excluding hydrogens is 452 g/mol. The second kappa shape index (κ2) is 22.3. The molecule has 0 saturated carbocycles. The number of carbonyl (C=O) groups is 4. The van der Waals surface area contributed by atoms with Gasteiger partial charge in [-0.1, -0.05) is 58.3 Å². The first-order valence-corrected chi connectivity index (χ1v) is 13.3. The molecule has 0 bridgehead atoms. The fourth-order valence-corrected chi connectivity index (χ4v) is 3.65. The van der Waals surface area contributed by atoms with E-state index in [1.807, 2.05) is 0 Å². The Morgan fingerprint density at radius 2 is 0.971 bits per heavy atom. The van der Waals surface area contributed by atoms with Crippen molar-refractivity contribution in [1.82, 2.24) is 9.80 Å². The first-order chi connectivity index (χ1) is 16.9. The van der Waals surface area contributed by atoms with Crippen molar-refractivity contribution in [1.29, 1.82) is 0 Å². The van der Waals surface area contributed by atoms with Crippen molar-refractivity contribution in [3.05, 3.63) is 0 Å². The molecule has 0 rings (SSSR count). The lowest BCUT2D eigenvalue weighted by Gasteiger charge is -2.26. The van der Waals surface area contributed by atoms with Gasteiger partial charge in [0.15, 0.2) is 0 Å². The van der Waals surface area contributed by atoms with E-state index >= 15 is 0 Å². The van der Waals surface area contributed by atoms with Gasteiger partial charge in [0, 0.05) is 19.5 Å². The Labute approximate surface area is 211 Å². The zero-order valence-corrected chi connectivity index (χ0v) is 22.5. The highest BCUT2D eigenvalue weighted by atomic mass is 16.5. The topological polar surface area (TPSA) is 102 Å². The number of carbonyl (C=O) groups excluding carboxylic acids is 4. The van der Waals surface area contributed by atoms with E-state index < -0.39 is 17.9 Å². The predicted molar refractivity (Wildman–Crippen MR) is 135 cm³/mol. The van der Waals surface area contributed by atoms with Crippen LogP contribution in [0.4, 0.5) is 0 Å². The molecule has 0 aliphatic heterocycles. The zero-order chi connectivity index (χ0) is 26.3. The second-order valence-corrected chi connectivity index (χ2v) is 8.52. The average molecular weight is 501 g/mol. The maximum Gasteiger partial charge on any atom is 0.325 e. The molecule has 9 nitrogen and oxygen atoms in total. The zero-order valence-electron chi connectivity index (χ0n) is 22.5. The number of rotatable bonds is 22. The molecule has 35 heavy (non-hydrogen) atoms. The molecule has 0 aromatic heterocycles. The lowest BCUT2D eigenvalue weighted by molar-refractivity contribution is -0.151. The molecule has 0 saturated heterocycles. The third kappa shape index (κ3) is 18.8. The van der Waals surface area contributed by atoms with Gasteiger partial charge in [-0.05, 0) is 27.2 Å². The maximum atomic E-state index is 12.9. The molecule has 204 valence electrons. The van der Waals surface area contributed by atoms with E-state index in [-0.39, 0.29) is 58.5 Å². The maximum absolute atomic E-state index is 12.9. The fraction of sp³-hybridized carbons (Fsp3) is 0.846. The molecule has 0 aromatic rings. The highest BCUT2D eigenvalue weighted by Gasteiger charge is 2.21. The number of nitrogens with zero attached hydrogens (tertiary/aromatic N) is 2. The summed E-state index contributed by atoms with van der Waals surface area (Å²) in [7, 11) is 0. The van der Waals surface area contributed by atoms with Crippen molar-refractivity contribution in [2.75, 3.05) is 52.5 Å². The van der Waals surface area contributed by atoms with Gasteiger partial charge in [-0.2, -0.15) is 0 Å². The summed E-state index contributed by atoms with van der Waals surface area (Å²) < 4.78 is 15.0. The van der Waals surface area contributed by atoms with Crippen molar-refractivity contribution in [2.45, 2.75) is 91.9 Å². The van der Waals surface area contributed by atoms with Crippen LogP contribution in [0.25, 0.3) is 0 Å². The van der Waals surface area contributed by atoms with Gasteiger partial charge in [-0.15, -0.1) is 0 Å². The van der Waals surface area contributed by atoms with Crippen LogP contribution in [0.1, 0.15) is 91.9 Å². The summed E-state index contributed by atoms with van der Waals surface area (Å²) in [6, 6.07) is 0. The number of hydrogen-bond acceptors (Lipinski definition) is 8. The lowest BCUT2D eigenvalue weighted by Crippen LogP contribution is -2.44. The van der Waals surface area contributed by atoms with E-state index in [1.54, 1.807) is 25.7 Å². The number of esters is 3. The summed E-state index contributed by atoms with van der Waals surface area (Å²) in [4.78, 5) is 51.9. The molecule has 0 radical (unpaired) electrons. The quantitative estimate of drug-likeness (QED) is 0.126. The van der Waals surface area contributed by atoms with Crippen LogP contribution in [0.3, 0.4) is 0 Å². The Bertz CT molecular complexity index is 578. The van der Waals surface area contributed by atoms with Gasteiger partial charge < -0.3 is 19.1 Å². The first-order valence-electron chi connectivity index (χ1n) is 13.3. The van der Waals surface area contributed by atoms with Crippen LogP contribution in [-0.2, 0) is 33.4 Å². The minimum absolute atomic E-state index is 0.105. The molecule has 0 unspecified atom stereocenters. The summed E-state index contributed by atoms with van der Waals surface area (Å²) in [5.41, 5.74) is 0. The average Bonchev–Trinajstić information content (AvgIpc) is 2.80. The van der Waals surface area contributed by atoms with Gasteiger partial charge in [-0.25, -0.2) is 0 Å². The normalized spacial score (nSPS) is 10.8. The van der Waals surface area contributed by atoms with E-state index in [0.717, 1.165) is 19.3 Å². The van der Waals surface area contributed by atoms with Gasteiger partial charge in [-0.3, -0.25) is 24.1 Å². The highest BCUT2D eigenvalue weighted by Crippen LogP contribution is 2.11. The molecule has 0 heterocycles. The molecule has 0 N–H and O–H groups in total. The number of ether oxygens (including phenoxy) is 3. The molecular formula is C26H48N2O7. The van der Waals surface area contributed by atoms with E-state index in [0.29, 0.717) is 6.42 Å². The summed E-state index contributed by atoms with van der Waals surface area (Å²) in [5, 5.41) is 0. The highest BCUT2D eigenvalue weighted by molar-refractivity contribution is 5.82. The minimum Gasteiger partial charge on any atom is -0.465 e. The van der Waals surface area contributed by atoms with Crippen LogP contribution in [0.5, 0.6) is 0 Å². The Morgan fingerprint density at radius 1 is 0.543 bits per heavy atom. The van der Waals surface area contributed by atoms with Crippen molar-refractivity contribution < 1.29 is 33.4 Å². The summed E-state index contributed by atoms with van der Waals surface area (Å²) in [5.74, 6) is -1.53. The monoisotopic (exact) mass is 500 g/mol. The molecule has 1 amide bonds. The van der Waals surface area contributed by atoms with Crippen LogP contribution in [0.15, 0.2) is 0 Å². The van der Waals surface area contributed by atoms with E-state index in [4.69, 9.17) is 14.2 Å². The molecule has 9 heteroatoms. The molecule has 0 atom stereocenters. The summed E-state index contributed by atoms with van der Waals surface area (Å²) >= 11 is 0. The largest absolute Gasteiger partial charge is 0.465 e. The van der Waals surface area contributed by atoms with E-state index in [2.05, 4.69) is 6.92 Å². The molecule has 0 aliphatic carbocycles. The Hall–Kier alpha value is -2.16. The SMILES string of the molecule is CCCCCCCCCCCC(=O)N(CCN(CC(=O)OCC)CC(=O)OCC)CC(=O)OCC. The van der Waals surface area contributed by atoms with Crippen molar-refractivity contribution >= 4 is 23.8 Å². The third-order valence-electron chi connectivity index (χ3n) is 5.47. The smallest absolute Gasteiger partial charge is 0.325 e. The van der Waals surface area contributed by atoms with Crippen molar-refractivity contribution in [2.24, 2.45) is 0 Å². The molecule has 0 aromatic carbocycles. The van der Waals surface area contributed by atoms with Crippen LogP contribution < -0.4 is 0 Å². The number of amides is 1. The van der Waals surface area contributed by atoms with Gasteiger partial charge in [0.25, 0.3) is 0 Å². The van der Waals surface area contributed by atoms with Gasteiger partial charge >= 0.3 is 17.9 Å². The van der Waals surface area contributed by atoms with E-state index in [1.165, 1.54) is 43.4 Å². The van der Waals surface area contributed by atoms with Gasteiger partial charge in [0.05, 0.1) is 32.9 Å². The number of unbranched alkanes of at least 4 members (excludes halogenated alkanes) is 8. The number of hydrogen-bond donors (Lipinski definition) is 0. The summed E-state index contributed by atoms with van der Waals surface area (Å²) in [6.07, 6.45) is 10.7. The van der Waals surface area contributed by atoms with Crippen LogP contribution in [0.2, 0.25) is 0 Å². The van der Waals surface area contributed by atoms with Crippen LogP contribution in [0, 0.1) is 0 Å². The Kier molecular flexibility index (Phi) is 20.9. The standard InChI is InChI=1S/C26H48N2O7/c1-5-9-10-11-12-13-14-15-16-17-23(29)28(22-26(32)35-8-4)19-18-27(20-24(30)33-6-2)21-25(31)34-7-3/h5-22H2,1-4H3. The first kappa shape index (κ1) is 32.8. The summed E-state index contributed by atoms with van der Waals surface area (Å²) in [6.45, 7) is 8.09. The van der Waals surface area contributed by atoms with Gasteiger partial charge in [0.2, 0.25) is 5.91 Å². The molecule has 0 aliphatic rings. The fourth-order valence-electron chi connectivity index (χ4n) is 3.65. The Balaban J connectivity index is 4.79. The molecule has 0 spiro atoms. The van der Waals surface area contributed by atoms with Crippen LogP contribution in [-0.4, -0.2) is 86.2 Å². The van der Waals surface area contributed by atoms with E-state index in [9.17, 15) is 19.2 Å². The molecule has 0 fully saturated rings. The van der Waals surface area contributed by atoms with Gasteiger partial charge in [0.1, 0.15) is 6.54 Å². The third-order valence-corrected chi connectivity index (χ3v) is 5.47. The Morgan fingerprint density at radius 3 is 1.43 bits per heavy atom.